The Labute approximate surface area is 107 Å². The average molecular weight is 298 g/mol. The minimum atomic E-state index is 0.931. The Kier molecular flexibility index (Phi) is 4.04. The molecule has 0 bridgehead atoms. The summed E-state index contributed by atoms with van der Waals surface area (Å²) in [5.74, 6) is 0. The summed E-state index contributed by atoms with van der Waals surface area (Å²) in [4.78, 5) is 8.88. The standard InChI is InChI=1S/C11H12BrN3S/c1-13-7-5-8-10(12)16-11(15-8)9-4-2-3-6-14-9/h2-4,6,13H,5,7H2,1H3. The topological polar surface area (TPSA) is 37.8 Å². The van der Waals surface area contributed by atoms with Gasteiger partial charge in [-0.25, -0.2) is 4.98 Å². The molecule has 0 aliphatic heterocycles. The molecule has 0 aliphatic rings. The maximum atomic E-state index is 4.59. The largest absolute Gasteiger partial charge is 0.319 e. The van der Waals surface area contributed by atoms with Crippen LogP contribution in [0.3, 0.4) is 0 Å². The van der Waals surface area contributed by atoms with Gasteiger partial charge in [-0.2, -0.15) is 0 Å². The zero-order valence-electron chi connectivity index (χ0n) is 8.90. The zero-order chi connectivity index (χ0) is 11.4. The molecule has 0 saturated heterocycles. The number of aromatic nitrogens is 2. The first-order valence-corrected chi connectivity index (χ1v) is 6.63. The van der Waals surface area contributed by atoms with Gasteiger partial charge in [0.2, 0.25) is 0 Å². The number of halogens is 1. The van der Waals surface area contributed by atoms with Gasteiger partial charge in [0.1, 0.15) is 5.01 Å². The van der Waals surface area contributed by atoms with Gasteiger partial charge in [0.15, 0.2) is 0 Å². The van der Waals surface area contributed by atoms with Crippen molar-refractivity contribution in [3.8, 4) is 10.7 Å². The number of hydrogen-bond acceptors (Lipinski definition) is 4. The van der Waals surface area contributed by atoms with E-state index in [1.165, 1.54) is 0 Å². The molecule has 2 aromatic rings. The van der Waals surface area contributed by atoms with E-state index in [1.807, 2.05) is 25.2 Å². The summed E-state index contributed by atoms with van der Waals surface area (Å²) in [6, 6.07) is 5.87. The lowest BCUT2D eigenvalue weighted by atomic mass is 10.3. The Hall–Kier alpha value is -0.780. The van der Waals surface area contributed by atoms with Crippen LogP contribution in [0.15, 0.2) is 28.2 Å². The molecule has 0 atom stereocenters. The lowest BCUT2D eigenvalue weighted by Gasteiger charge is -1.95. The van der Waals surface area contributed by atoms with Crippen molar-refractivity contribution in [3.63, 3.8) is 0 Å². The molecule has 0 fully saturated rings. The molecule has 0 aromatic carbocycles. The van der Waals surface area contributed by atoms with E-state index in [1.54, 1.807) is 17.5 Å². The predicted octanol–water partition coefficient (Wildman–Crippen LogP) is 2.73. The van der Waals surface area contributed by atoms with Gasteiger partial charge in [0.05, 0.1) is 15.2 Å². The third-order valence-corrected chi connectivity index (χ3v) is 4.00. The lowest BCUT2D eigenvalue weighted by molar-refractivity contribution is 0.778. The monoisotopic (exact) mass is 297 g/mol. The summed E-state index contributed by atoms with van der Waals surface area (Å²) >= 11 is 5.18. The minimum absolute atomic E-state index is 0.931. The molecule has 0 radical (unpaired) electrons. The first kappa shape index (κ1) is 11.7. The van der Waals surface area contributed by atoms with Crippen LogP contribution in [0.25, 0.3) is 10.7 Å². The maximum Gasteiger partial charge on any atom is 0.143 e. The van der Waals surface area contributed by atoms with Crippen LogP contribution in [0.4, 0.5) is 0 Å². The van der Waals surface area contributed by atoms with Crippen LogP contribution in [0.2, 0.25) is 0 Å². The summed E-state index contributed by atoms with van der Waals surface area (Å²) in [5.41, 5.74) is 2.03. The minimum Gasteiger partial charge on any atom is -0.319 e. The molecule has 5 heteroatoms. The Bertz CT molecular complexity index is 456. The van der Waals surface area contributed by atoms with Crippen LogP contribution in [0.1, 0.15) is 5.69 Å². The Morgan fingerprint density at radius 1 is 1.44 bits per heavy atom. The first-order chi connectivity index (χ1) is 7.81. The molecule has 1 N–H and O–H groups in total. The molecule has 0 amide bonds. The lowest BCUT2D eigenvalue weighted by Crippen LogP contribution is -2.10. The molecule has 84 valence electrons. The van der Waals surface area contributed by atoms with Gasteiger partial charge in [-0.15, -0.1) is 11.3 Å². The predicted molar refractivity (Wildman–Crippen MR) is 70.7 cm³/mol. The highest BCUT2D eigenvalue weighted by Crippen LogP contribution is 2.30. The molecular formula is C11H12BrN3S. The fourth-order valence-electron chi connectivity index (χ4n) is 1.33. The number of nitrogens with zero attached hydrogens (tertiary/aromatic N) is 2. The van der Waals surface area contributed by atoms with Crippen molar-refractivity contribution < 1.29 is 0 Å². The second kappa shape index (κ2) is 5.52. The van der Waals surface area contributed by atoms with Gasteiger partial charge in [-0.1, -0.05) is 6.07 Å². The Morgan fingerprint density at radius 2 is 2.31 bits per heavy atom. The summed E-state index contributed by atoms with van der Waals surface area (Å²) < 4.78 is 1.10. The summed E-state index contributed by atoms with van der Waals surface area (Å²) in [6.45, 7) is 0.935. The Morgan fingerprint density at radius 3 is 3.00 bits per heavy atom. The van der Waals surface area contributed by atoms with Crippen molar-refractivity contribution in [1.82, 2.24) is 15.3 Å². The summed E-state index contributed by atoms with van der Waals surface area (Å²) in [5, 5.41) is 4.09. The van der Waals surface area contributed by atoms with Gasteiger partial charge < -0.3 is 5.32 Å². The molecular weight excluding hydrogens is 286 g/mol. The third-order valence-electron chi connectivity index (χ3n) is 2.15. The molecule has 2 heterocycles. The van der Waals surface area contributed by atoms with Gasteiger partial charge in [-0.05, 0) is 35.1 Å². The second-order valence-electron chi connectivity index (χ2n) is 3.31. The molecule has 0 aliphatic carbocycles. The highest BCUT2D eigenvalue weighted by Gasteiger charge is 2.10. The van der Waals surface area contributed by atoms with E-state index in [0.717, 1.165) is 33.1 Å². The fourth-order valence-corrected chi connectivity index (χ4v) is 2.89. The van der Waals surface area contributed by atoms with Gasteiger partial charge in [0.25, 0.3) is 0 Å². The maximum absolute atomic E-state index is 4.59. The van der Waals surface area contributed by atoms with Crippen molar-refractivity contribution in [2.75, 3.05) is 13.6 Å². The third kappa shape index (κ3) is 2.66. The summed E-state index contributed by atoms with van der Waals surface area (Å²) in [6.07, 6.45) is 2.72. The molecule has 2 aromatic heterocycles. The second-order valence-corrected chi connectivity index (χ2v) is 5.62. The molecule has 16 heavy (non-hydrogen) atoms. The number of pyridine rings is 1. The van der Waals surface area contributed by atoms with Crippen molar-refractivity contribution in [1.29, 1.82) is 0 Å². The highest BCUT2D eigenvalue weighted by molar-refractivity contribution is 9.11. The van der Waals surface area contributed by atoms with Crippen LogP contribution in [0, 0.1) is 0 Å². The average Bonchev–Trinajstić information content (AvgIpc) is 2.69. The Balaban J connectivity index is 2.24. The van der Waals surface area contributed by atoms with Gasteiger partial charge in [-0.3, -0.25) is 4.98 Å². The number of thiazole rings is 1. The van der Waals surface area contributed by atoms with E-state index in [2.05, 4.69) is 31.2 Å². The molecule has 3 nitrogen and oxygen atoms in total. The van der Waals surface area contributed by atoms with E-state index in [4.69, 9.17) is 0 Å². The SMILES string of the molecule is CNCCc1nc(-c2ccccn2)sc1Br. The summed E-state index contributed by atoms with van der Waals surface area (Å²) in [7, 11) is 1.94. The molecule has 0 unspecified atom stereocenters. The number of rotatable bonds is 4. The zero-order valence-corrected chi connectivity index (χ0v) is 11.3. The van der Waals surface area contributed by atoms with E-state index in [9.17, 15) is 0 Å². The molecule has 0 spiro atoms. The van der Waals surface area contributed by atoms with Gasteiger partial charge >= 0.3 is 0 Å². The van der Waals surface area contributed by atoms with Crippen molar-refractivity contribution in [2.45, 2.75) is 6.42 Å². The van der Waals surface area contributed by atoms with Crippen LogP contribution >= 0.6 is 27.3 Å². The van der Waals surface area contributed by atoms with Crippen molar-refractivity contribution in [3.05, 3.63) is 33.9 Å². The number of hydrogen-bond donors (Lipinski definition) is 1. The van der Waals surface area contributed by atoms with Crippen molar-refractivity contribution >= 4 is 27.3 Å². The fraction of sp³-hybridized carbons (Fsp3) is 0.273. The highest BCUT2D eigenvalue weighted by atomic mass is 79.9. The molecule has 0 saturated carbocycles. The van der Waals surface area contributed by atoms with Crippen LogP contribution < -0.4 is 5.32 Å². The van der Waals surface area contributed by atoms with Crippen LogP contribution in [-0.4, -0.2) is 23.6 Å². The van der Waals surface area contributed by atoms with Gasteiger partial charge in [0, 0.05) is 19.2 Å². The smallest absolute Gasteiger partial charge is 0.143 e. The normalized spacial score (nSPS) is 10.6. The first-order valence-electron chi connectivity index (χ1n) is 5.02. The van der Waals surface area contributed by atoms with E-state index in [-0.39, 0.29) is 0 Å². The van der Waals surface area contributed by atoms with E-state index >= 15 is 0 Å². The van der Waals surface area contributed by atoms with Crippen LogP contribution in [0.5, 0.6) is 0 Å². The van der Waals surface area contributed by atoms with Crippen LogP contribution in [-0.2, 0) is 6.42 Å². The quantitative estimate of drug-likeness (QED) is 0.943. The number of likely N-dealkylation sites (N-methyl/N-ethyl adjacent to an activating group) is 1. The molecule has 2 rings (SSSR count). The number of nitrogens with one attached hydrogen (secondary N) is 1. The van der Waals surface area contributed by atoms with E-state index < -0.39 is 0 Å². The van der Waals surface area contributed by atoms with E-state index in [0.29, 0.717) is 0 Å². The van der Waals surface area contributed by atoms with Crippen molar-refractivity contribution in [2.24, 2.45) is 0 Å².